The van der Waals surface area contributed by atoms with Gasteiger partial charge in [-0.3, -0.25) is 0 Å². The molecule has 3 aromatic rings. The van der Waals surface area contributed by atoms with Gasteiger partial charge in [-0.1, -0.05) is 30.3 Å². The van der Waals surface area contributed by atoms with Gasteiger partial charge in [0, 0.05) is 18.0 Å². The highest BCUT2D eigenvalue weighted by Crippen LogP contribution is 2.35. The van der Waals surface area contributed by atoms with Crippen molar-refractivity contribution in [2.75, 3.05) is 5.75 Å². The van der Waals surface area contributed by atoms with Gasteiger partial charge in [0.2, 0.25) is 0 Å². The Bertz CT molecular complexity index is 958. The number of hydrogen-bond donors (Lipinski definition) is 0. The molecule has 0 amide bonds. The topological polar surface area (TPSA) is 74.7 Å². The molecule has 0 radical (unpaired) electrons. The maximum atomic E-state index is 13.1. The zero-order valence-electron chi connectivity index (χ0n) is 12.9. The number of thioether (sulfide) groups is 1. The lowest BCUT2D eigenvalue weighted by Crippen LogP contribution is -2.43. The molecule has 0 bridgehead atoms. The average Bonchev–Trinajstić information content (AvgIpc) is 3.07. The summed E-state index contributed by atoms with van der Waals surface area (Å²) in [6, 6.07) is 8.90. The van der Waals surface area contributed by atoms with Gasteiger partial charge in [-0.05, 0) is 17.3 Å². The lowest BCUT2D eigenvalue weighted by atomic mass is 10.1. The van der Waals surface area contributed by atoms with E-state index < -0.39 is 0 Å². The van der Waals surface area contributed by atoms with Crippen molar-refractivity contribution in [3.8, 4) is 17.0 Å². The molecular weight excluding hydrogens is 324 g/mol. The summed E-state index contributed by atoms with van der Waals surface area (Å²) in [5.41, 5.74) is 1.44. The molecule has 24 heavy (non-hydrogen) atoms. The summed E-state index contributed by atoms with van der Waals surface area (Å²) in [5, 5.41) is 13.4. The highest BCUT2D eigenvalue weighted by molar-refractivity contribution is 7.99. The summed E-state index contributed by atoms with van der Waals surface area (Å²) in [6.45, 7) is 0. The SMILES string of the molecule is C[n+]1c([O-])c(-c2ccccc2)c(=O)n2c1SCC2c1cncnc1. The largest absolute Gasteiger partial charge is 0.842 e. The Morgan fingerprint density at radius 2 is 1.96 bits per heavy atom. The van der Waals surface area contributed by atoms with Gasteiger partial charge in [0.05, 0.1) is 18.7 Å². The van der Waals surface area contributed by atoms with Gasteiger partial charge in [-0.15, -0.1) is 0 Å². The fourth-order valence-corrected chi connectivity index (χ4v) is 4.24. The Hall–Kier alpha value is -2.67. The van der Waals surface area contributed by atoms with Gasteiger partial charge >= 0.3 is 10.7 Å². The third-order valence-electron chi connectivity index (χ3n) is 4.15. The van der Waals surface area contributed by atoms with Crippen LogP contribution in [0.15, 0.2) is 59.0 Å². The van der Waals surface area contributed by atoms with E-state index in [9.17, 15) is 9.90 Å². The van der Waals surface area contributed by atoms with Crippen LogP contribution in [-0.2, 0) is 7.05 Å². The van der Waals surface area contributed by atoms with Gasteiger partial charge in [0.25, 0.3) is 0 Å². The minimum atomic E-state index is -0.269. The standard InChI is InChI=1S/C17H14N4O2S/c1-20-15(22)14(11-5-3-2-4-6-11)16(23)21-13(9-24-17(20)21)12-7-18-10-19-8-12/h2-8,10,13H,9H2,1H3. The van der Waals surface area contributed by atoms with Crippen molar-refractivity contribution in [2.24, 2.45) is 7.05 Å². The maximum absolute atomic E-state index is 13.1. The summed E-state index contributed by atoms with van der Waals surface area (Å²) in [5.74, 6) is 0.406. The molecule has 0 aliphatic carbocycles. The highest BCUT2D eigenvalue weighted by Gasteiger charge is 2.37. The quantitative estimate of drug-likeness (QED) is 0.513. The third-order valence-corrected chi connectivity index (χ3v) is 5.37. The van der Waals surface area contributed by atoms with Gasteiger partial charge < -0.3 is 5.11 Å². The number of aromatic nitrogens is 4. The number of benzene rings is 1. The van der Waals surface area contributed by atoms with Crippen LogP contribution in [0.2, 0.25) is 0 Å². The molecule has 0 saturated heterocycles. The first-order valence-corrected chi connectivity index (χ1v) is 8.45. The molecule has 2 aromatic heterocycles. The lowest BCUT2D eigenvalue weighted by molar-refractivity contribution is -0.751. The molecule has 0 saturated carbocycles. The number of hydrogen-bond acceptors (Lipinski definition) is 5. The van der Waals surface area contributed by atoms with Crippen LogP contribution in [0.3, 0.4) is 0 Å². The van der Waals surface area contributed by atoms with Crippen LogP contribution in [0, 0.1) is 0 Å². The molecule has 0 spiro atoms. The molecule has 1 aromatic carbocycles. The number of fused-ring (bicyclic) bond motifs is 1. The Balaban J connectivity index is 1.98. The monoisotopic (exact) mass is 338 g/mol. The molecule has 1 unspecified atom stereocenters. The fourth-order valence-electron chi connectivity index (χ4n) is 2.96. The Labute approximate surface area is 142 Å². The van der Waals surface area contributed by atoms with E-state index in [1.165, 1.54) is 18.1 Å². The van der Waals surface area contributed by atoms with E-state index >= 15 is 0 Å². The second-order valence-electron chi connectivity index (χ2n) is 5.56. The summed E-state index contributed by atoms with van der Waals surface area (Å²) in [4.78, 5) is 21.2. The molecule has 1 aliphatic heterocycles. The van der Waals surface area contributed by atoms with Crippen molar-refractivity contribution < 1.29 is 9.67 Å². The van der Waals surface area contributed by atoms with Crippen LogP contribution in [-0.4, -0.2) is 20.3 Å². The maximum Gasteiger partial charge on any atom is 0.345 e. The van der Waals surface area contributed by atoms with Crippen molar-refractivity contribution in [1.29, 1.82) is 0 Å². The van der Waals surface area contributed by atoms with Gasteiger partial charge in [-0.25, -0.2) is 19.3 Å². The van der Waals surface area contributed by atoms with E-state index in [0.29, 0.717) is 16.5 Å². The van der Waals surface area contributed by atoms with Crippen LogP contribution in [0.5, 0.6) is 5.88 Å². The zero-order valence-corrected chi connectivity index (χ0v) is 13.7. The average molecular weight is 338 g/mol. The first-order valence-electron chi connectivity index (χ1n) is 7.47. The predicted octanol–water partition coefficient (Wildman–Crippen LogP) is 0.898. The molecule has 1 aliphatic rings. The normalized spacial score (nSPS) is 16.1. The minimum absolute atomic E-state index is 0.173. The first kappa shape index (κ1) is 14.9. The Morgan fingerprint density at radius 1 is 1.25 bits per heavy atom. The molecule has 1 atom stereocenters. The summed E-state index contributed by atoms with van der Waals surface area (Å²) in [6.07, 6.45) is 4.89. The van der Waals surface area contributed by atoms with E-state index in [-0.39, 0.29) is 23.0 Å². The van der Waals surface area contributed by atoms with Crippen LogP contribution in [0.25, 0.3) is 11.1 Å². The molecule has 4 rings (SSSR count). The molecular formula is C17H14N4O2S. The predicted molar refractivity (Wildman–Crippen MR) is 87.7 cm³/mol. The second kappa shape index (κ2) is 5.76. The molecule has 6 nitrogen and oxygen atoms in total. The molecule has 0 N–H and O–H groups in total. The van der Waals surface area contributed by atoms with E-state index in [1.54, 1.807) is 40.7 Å². The number of nitrogens with zero attached hydrogens (tertiary/aromatic N) is 4. The smallest absolute Gasteiger partial charge is 0.345 e. The van der Waals surface area contributed by atoms with Crippen LogP contribution in [0.1, 0.15) is 11.6 Å². The summed E-state index contributed by atoms with van der Waals surface area (Å²) >= 11 is 1.50. The molecule has 3 heterocycles. The van der Waals surface area contributed by atoms with Crippen LogP contribution >= 0.6 is 11.8 Å². The zero-order chi connectivity index (χ0) is 16.7. The Morgan fingerprint density at radius 3 is 2.67 bits per heavy atom. The highest BCUT2D eigenvalue weighted by atomic mass is 32.2. The van der Waals surface area contributed by atoms with E-state index in [1.807, 2.05) is 18.2 Å². The van der Waals surface area contributed by atoms with Crippen molar-refractivity contribution in [3.05, 3.63) is 65.0 Å². The van der Waals surface area contributed by atoms with Crippen molar-refractivity contribution >= 4 is 11.8 Å². The number of rotatable bonds is 2. The van der Waals surface area contributed by atoms with E-state index in [2.05, 4.69) is 9.97 Å². The molecule has 0 fully saturated rings. The summed E-state index contributed by atoms with van der Waals surface area (Å²) < 4.78 is 3.24. The first-order chi connectivity index (χ1) is 11.7. The van der Waals surface area contributed by atoms with Gasteiger partial charge in [0.15, 0.2) is 0 Å². The van der Waals surface area contributed by atoms with Gasteiger partial charge in [0.1, 0.15) is 17.9 Å². The van der Waals surface area contributed by atoms with Gasteiger partial charge in [-0.2, -0.15) is 4.57 Å². The third kappa shape index (κ3) is 2.20. The van der Waals surface area contributed by atoms with E-state index in [0.717, 1.165) is 5.56 Å². The summed E-state index contributed by atoms with van der Waals surface area (Å²) in [7, 11) is 1.71. The minimum Gasteiger partial charge on any atom is -0.842 e. The van der Waals surface area contributed by atoms with Crippen molar-refractivity contribution in [2.45, 2.75) is 11.2 Å². The van der Waals surface area contributed by atoms with Crippen LogP contribution < -0.4 is 15.2 Å². The van der Waals surface area contributed by atoms with Crippen molar-refractivity contribution in [3.63, 3.8) is 0 Å². The van der Waals surface area contributed by atoms with Crippen LogP contribution in [0.4, 0.5) is 0 Å². The van der Waals surface area contributed by atoms with Crippen molar-refractivity contribution in [1.82, 2.24) is 14.5 Å². The molecule has 7 heteroatoms. The fraction of sp³-hybridized carbons (Fsp3) is 0.176. The Kier molecular flexibility index (Phi) is 3.57. The lowest BCUT2D eigenvalue weighted by Gasteiger charge is -2.16. The van der Waals surface area contributed by atoms with E-state index in [4.69, 9.17) is 0 Å². The second-order valence-corrected chi connectivity index (χ2v) is 6.55. The molecule has 120 valence electrons.